The van der Waals surface area contributed by atoms with Crippen molar-refractivity contribution in [2.45, 2.75) is 17.4 Å². The maximum atomic E-state index is 12.4. The Balaban J connectivity index is 1.72. The van der Waals surface area contributed by atoms with Crippen molar-refractivity contribution in [3.05, 3.63) is 54.1 Å². The Hall–Kier alpha value is -2.80. The van der Waals surface area contributed by atoms with Crippen molar-refractivity contribution in [2.24, 2.45) is 5.73 Å². The first-order valence-corrected chi connectivity index (χ1v) is 8.14. The summed E-state index contributed by atoms with van der Waals surface area (Å²) in [6.07, 6.45) is 0. The van der Waals surface area contributed by atoms with E-state index in [0.29, 0.717) is 16.5 Å². The molecule has 0 bridgehead atoms. The number of nitrogens with one attached hydrogen (secondary N) is 1. The van der Waals surface area contributed by atoms with Gasteiger partial charge in [-0.2, -0.15) is 0 Å². The Morgan fingerprint density at radius 1 is 1.17 bits per heavy atom. The zero-order valence-corrected chi connectivity index (χ0v) is 13.7. The Labute approximate surface area is 142 Å². The molecule has 3 rings (SSSR count). The van der Waals surface area contributed by atoms with Crippen LogP contribution in [0, 0.1) is 0 Å². The number of aromatic nitrogens is 1. The SMILES string of the molecule is C[C@@H](Sc1nc2ccccc2o1)C(=O)Nc1ccccc1C(N)=O. The molecule has 3 aromatic rings. The molecule has 0 unspecified atom stereocenters. The summed E-state index contributed by atoms with van der Waals surface area (Å²) in [5.74, 6) is -0.860. The van der Waals surface area contributed by atoms with Crippen LogP contribution in [-0.2, 0) is 4.79 Å². The van der Waals surface area contributed by atoms with E-state index in [-0.39, 0.29) is 11.5 Å². The van der Waals surface area contributed by atoms with E-state index < -0.39 is 11.2 Å². The van der Waals surface area contributed by atoms with Gasteiger partial charge in [-0.05, 0) is 31.2 Å². The first-order valence-electron chi connectivity index (χ1n) is 7.26. The van der Waals surface area contributed by atoms with Gasteiger partial charge < -0.3 is 15.5 Å². The lowest BCUT2D eigenvalue weighted by Crippen LogP contribution is -2.24. The maximum Gasteiger partial charge on any atom is 0.257 e. The van der Waals surface area contributed by atoms with E-state index in [1.54, 1.807) is 31.2 Å². The molecule has 7 heteroatoms. The fourth-order valence-corrected chi connectivity index (χ4v) is 2.90. The van der Waals surface area contributed by atoms with Gasteiger partial charge in [0.25, 0.3) is 11.1 Å². The summed E-state index contributed by atoms with van der Waals surface area (Å²) in [5, 5.41) is 2.67. The molecule has 1 aromatic heterocycles. The van der Waals surface area contributed by atoms with Crippen LogP contribution >= 0.6 is 11.8 Å². The van der Waals surface area contributed by atoms with Gasteiger partial charge in [0.05, 0.1) is 16.5 Å². The number of hydrogen-bond donors (Lipinski definition) is 2. The number of hydrogen-bond acceptors (Lipinski definition) is 5. The van der Waals surface area contributed by atoms with Gasteiger partial charge in [-0.1, -0.05) is 36.0 Å². The molecule has 0 saturated carbocycles. The molecule has 1 heterocycles. The van der Waals surface area contributed by atoms with Crippen LogP contribution in [0.1, 0.15) is 17.3 Å². The van der Waals surface area contributed by atoms with Crippen LogP contribution in [0.2, 0.25) is 0 Å². The predicted octanol–water partition coefficient (Wildman–Crippen LogP) is 3.05. The predicted molar refractivity (Wildman–Crippen MR) is 92.9 cm³/mol. The van der Waals surface area contributed by atoms with E-state index in [1.807, 2.05) is 24.3 Å². The van der Waals surface area contributed by atoms with Gasteiger partial charge in [-0.25, -0.2) is 4.98 Å². The third-order valence-corrected chi connectivity index (χ3v) is 4.32. The second-order valence-electron chi connectivity index (χ2n) is 5.11. The molecule has 6 nitrogen and oxygen atoms in total. The summed E-state index contributed by atoms with van der Waals surface area (Å²) in [5.41, 5.74) is 7.39. The fourth-order valence-electron chi connectivity index (χ4n) is 2.15. The van der Waals surface area contributed by atoms with Crippen molar-refractivity contribution in [1.82, 2.24) is 4.98 Å². The second kappa shape index (κ2) is 6.76. The first-order chi connectivity index (χ1) is 11.5. The third kappa shape index (κ3) is 3.41. The minimum absolute atomic E-state index is 0.268. The number of carbonyl (C=O) groups excluding carboxylic acids is 2. The molecule has 122 valence electrons. The summed E-state index contributed by atoms with van der Waals surface area (Å²) in [7, 11) is 0. The number of para-hydroxylation sites is 3. The summed E-state index contributed by atoms with van der Waals surface area (Å²) in [6.45, 7) is 1.74. The molecule has 0 spiro atoms. The molecule has 0 aliphatic rings. The van der Waals surface area contributed by atoms with Crippen molar-refractivity contribution >= 4 is 40.4 Å². The molecule has 2 aromatic carbocycles. The highest BCUT2D eigenvalue weighted by Crippen LogP contribution is 2.27. The Kier molecular flexibility index (Phi) is 4.52. The van der Waals surface area contributed by atoms with Gasteiger partial charge in [0.15, 0.2) is 5.58 Å². The van der Waals surface area contributed by atoms with Crippen molar-refractivity contribution < 1.29 is 14.0 Å². The first kappa shape index (κ1) is 16.1. The number of nitrogens with zero attached hydrogens (tertiary/aromatic N) is 1. The molecule has 3 N–H and O–H groups in total. The lowest BCUT2D eigenvalue weighted by Gasteiger charge is -2.12. The van der Waals surface area contributed by atoms with E-state index in [1.165, 1.54) is 11.8 Å². The van der Waals surface area contributed by atoms with E-state index in [0.717, 1.165) is 5.52 Å². The normalized spacial score (nSPS) is 12.0. The van der Waals surface area contributed by atoms with Crippen LogP contribution in [0.4, 0.5) is 5.69 Å². The van der Waals surface area contributed by atoms with Crippen LogP contribution in [0.5, 0.6) is 0 Å². The van der Waals surface area contributed by atoms with Gasteiger partial charge in [0.1, 0.15) is 5.52 Å². The van der Waals surface area contributed by atoms with Crippen molar-refractivity contribution in [1.29, 1.82) is 0 Å². The van der Waals surface area contributed by atoms with Gasteiger partial charge in [0.2, 0.25) is 5.91 Å². The largest absolute Gasteiger partial charge is 0.431 e. The van der Waals surface area contributed by atoms with Crippen LogP contribution in [0.15, 0.2) is 58.2 Å². The molecule has 0 saturated heterocycles. The number of nitrogens with two attached hydrogens (primary N) is 1. The lowest BCUT2D eigenvalue weighted by molar-refractivity contribution is -0.115. The monoisotopic (exact) mass is 341 g/mol. The second-order valence-corrected chi connectivity index (χ2v) is 6.40. The number of carbonyl (C=O) groups is 2. The van der Waals surface area contributed by atoms with Gasteiger partial charge in [-0.3, -0.25) is 9.59 Å². The fraction of sp³-hybridized carbons (Fsp3) is 0.118. The van der Waals surface area contributed by atoms with Crippen molar-refractivity contribution in [2.75, 3.05) is 5.32 Å². The molecule has 0 aliphatic heterocycles. The molecule has 0 aliphatic carbocycles. The lowest BCUT2D eigenvalue weighted by atomic mass is 10.1. The summed E-state index contributed by atoms with van der Waals surface area (Å²) in [4.78, 5) is 28.1. The zero-order chi connectivity index (χ0) is 17.1. The highest BCUT2D eigenvalue weighted by atomic mass is 32.2. The number of amides is 2. The smallest absolute Gasteiger partial charge is 0.257 e. The summed E-state index contributed by atoms with van der Waals surface area (Å²) in [6, 6.07) is 14.0. The number of thioether (sulfide) groups is 1. The van der Waals surface area contributed by atoms with Gasteiger partial charge in [0, 0.05) is 0 Å². The van der Waals surface area contributed by atoms with Gasteiger partial charge in [-0.15, -0.1) is 0 Å². The number of primary amides is 1. The number of rotatable bonds is 5. The summed E-state index contributed by atoms with van der Waals surface area (Å²) < 4.78 is 5.60. The van der Waals surface area contributed by atoms with Crippen LogP contribution in [0.3, 0.4) is 0 Å². The quantitative estimate of drug-likeness (QED) is 0.695. The van der Waals surface area contributed by atoms with E-state index in [9.17, 15) is 9.59 Å². The molecule has 1 atom stereocenters. The molecule has 0 fully saturated rings. The Morgan fingerprint density at radius 2 is 1.88 bits per heavy atom. The van der Waals surface area contributed by atoms with Crippen molar-refractivity contribution in [3.63, 3.8) is 0 Å². The Bertz CT molecular complexity index is 874. The average Bonchev–Trinajstić information content (AvgIpc) is 2.97. The van der Waals surface area contributed by atoms with Crippen LogP contribution in [0.25, 0.3) is 11.1 Å². The van der Waals surface area contributed by atoms with Crippen LogP contribution < -0.4 is 11.1 Å². The minimum Gasteiger partial charge on any atom is -0.431 e. The topological polar surface area (TPSA) is 98.2 Å². The van der Waals surface area contributed by atoms with E-state index in [2.05, 4.69) is 10.3 Å². The van der Waals surface area contributed by atoms with E-state index >= 15 is 0 Å². The number of oxazole rings is 1. The number of anilines is 1. The highest BCUT2D eigenvalue weighted by Gasteiger charge is 2.19. The average molecular weight is 341 g/mol. The van der Waals surface area contributed by atoms with Crippen molar-refractivity contribution in [3.8, 4) is 0 Å². The highest BCUT2D eigenvalue weighted by molar-refractivity contribution is 8.00. The number of fused-ring (bicyclic) bond motifs is 1. The molecule has 2 amide bonds. The minimum atomic E-state index is -0.592. The molecule has 0 radical (unpaired) electrons. The molecular weight excluding hydrogens is 326 g/mol. The molecular formula is C17H15N3O3S. The standard InChI is InChI=1S/C17H15N3O3S/c1-10(24-17-20-13-8-4-5-9-14(13)23-17)16(22)19-12-7-3-2-6-11(12)15(18)21/h2-10H,1H3,(H2,18,21)(H,19,22)/t10-/m1/s1. The molecule has 24 heavy (non-hydrogen) atoms. The number of benzene rings is 2. The van der Waals surface area contributed by atoms with E-state index in [4.69, 9.17) is 10.2 Å². The zero-order valence-electron chi connectivity index (χ0n) is 12.9. The Morgan fingerprint density at radius 3 is 2.62 bits per heavy atom. The van der Waals surface area contributed by atoms with Gasteiger partial charge >= 0.3 is 0 Å². The third-order valence-electron chi connectivity index (χ3n) is 3.37. The van der Waals surface area contributed by atoms with Crippen LogP contribution in [-0.4, -0.2) is 22.0 Å². The summed E-state index contributed by atoms with van der Waals surface area (Å²) >= 11 is 1.20. The maximum absolute atomic E-state index is 12.4.